The summed E-state index contributed by atoms with van der Waals surface area (Å²) < 4.78 is 0. The molecule has 0 aliphatic carbocycles. The first kappa shape index (κ1) is 23.1. The van der Waals surface area contributed by atoms with Crippen molar-refractivity contribution < 1.29 is 19.5 Å². The average Bonchev–Trinajstić information content (AvgIpc) is 2.98. The number of carbonyl (C=O) groups excluding carboxylic acids is 2. The highest BCUT2D eigenvalue weighted by Crippen LogP contribution is 2.45. The Morgan fingerprint density at radius 3 is 2.48 bits per heavy atom. The van der Waals surface area contributed by atoms with Crippen molar-refractivity contribution in [2.75, 3.05) is 11.4 Å². The largest absolute Gasteiger partial charge is 0.481 e. The number of nitrogens with one attached hydrogen (secondary N) is 1. The van der Waals surface area contributed by atoms with Gasteiger partial charge in [-0.15, -0.1) is 0 Å². The van der Waals surface area contributed by atoms with Crippen LogP contribution in [0.1, 0.15) is 49.0 Å². The summed E-state index contributed by atoms with van der Waals surface area (Å²) in [5.41, 5.74) is -0.468. The minimum Gasteiger partial charge on any atom is -0.481 e. The number of fused-ring (bicyclic) bond motifs is 1. The molecule has 0 saturated carbocycles. The van der Waals surface area contributed by atoms with E-state index in [2.05, 4.69) is 12.2 Å². The number of aliphatic carboxylic acids is 1. The highest BCUT2D eigenvalue weighted by atomic mass is 35.5. The fourth-order valence-corrected chi connectivity index (χ4v) is 4.24. The summed E-state index contributed by atoms with van der Waals surface area (Å²) in [5.74, 6) is -3.45. The Hall–Kier alpha value is -2.57. The molecule has 31 heavy (non-hydrogen) atoms. The van der Waals surface area contributed by atoms with Gasteiger partial charge in [-0.2, -0.15) is 0 Å². The Kier molecular flexibility index (Phi) is 6.92. The van der Waals surface area contributed by atoms with E-state index in [1.54, 1.807) is 29.2 Å². The number of unbranched alkanes of at least 4 members (excludes halogenated alkanes) is 2. The molecule has 1 aliphatic heterocycles. The molecule has 2 amide bonds. The number of halogens is 2. The van der Waals surface area contributed by atoms with Gasteiger partial charge in [0, 0.05) is 23.4 Å². The average molecular weight is 463 g/mol. The van der Waals surface area contributed by atoms with Gasteiger partial charge in [0.2, 0.25) is 0 Å². The Morgan fingerprint density at radius 1 is 1.13 bits per heavy atom. The minimum atomic E-state index is -1.74. The second-order valence-electron chi connectivity index (χ2n) is 7.63. The lowest BCUT2D eigenvalue weighted by Gasteiger charge is -2.33. The zero-order valence-corrected chi connectivity index (χ0v) is 18.8. The number of benzene rings is 2. The molecule has 2 atom stereocenters. The summed E-state index contributed by atoms with van der Waals surface area (Å²) in [5, 5.41) is 13.1. The van der Waals surface area contributed by atoms with E-state index in [9.17, 15) is 19.5 Å². The Bertz CT molecular complexity index is 1030. The fourth-order valence-electron chi connectivity index (χ4n) is 3.94. The number of anilines is 1. The van der Waals surface area contributed by atoms with E-state index < -0.39 is 29.2 Å². The van der Waals surface area contributed by atoms with Crippen molar-refractivity contribution >= 4 is 46.7 Å². The van der Waals surface area contributed by atoms with Crippen molar-refractivity contribution in [1.29, 1.82) is 0 Å². The standard InChI is InChI=1S/C23H24Cl2N2O4/c1-3-4-7-12-27-19-9-6-5-8-16(19)23(22(27)31,14(2)21(29)30)26-20(28)15-10-11-17(24)18(25)13-15/h5-6,8-11,13-14H,3-4,7,12H2,1-2H3,(H,26,28)(H,29,30). The quantitative estimate of drug-likeness (QED) is 0.547. The van der Waals surface area contributed by atoms with Gasteiger partial charge < -0.3 is 15.3 Å². The molecule has 8 heteroatoms. The number of hydrogen-bond donors (Lipinski definition) is 2. The van der Waals surface area contributed by atoms with Crippen molar-refractivity contribution in [3.63, 3.8) is 0 Å². The van der Waals surface area contributed by atoms with Crippen LogP contribution in [0.15, 0.2) is 42.5 Å². The summed E-state index contributed by atoms with van der Waals surface area (Å²) >= 11 is 12.0. The summed E-state index contributed by atoms with van der Waals surface area (Å²) in [6.45, 7) is 3.94. The number of rotatable bonds is 8. The van der Waals surface area contributed by atoms with Crippen LogP contribution in [0.4, 0.5) is 5.69 Å². The molecule has 2 unspecified atom stereocenters. The fraction of sp³-hybridized carbons (Fsp3) is 0.348. The van der Waals surface area contributed by atoms with E-state index in [1.165, 1.54) is 25.1 Å². The number of carboxylic acid groups (broad SMARTS) is 1. The number of amides is 2. The molecule has 0 radical (unpaired) electrons. The third kappa shape index (κ3) is 4.14. The molecule has 0 spiro atoms. The SMILES string of the molecule is CCCCCN1C(=O)C(NC(=O)c2ccc(Cl)c(Cl)c2)(C(C)C(=O)O)c2ccccc21. The highest BCUT2D eigenvalue weighted by molar-refractivity contribution is 6.42. The Labute approximate surface area is 191 Å². The molecule has 6 nitrogen and oxygen atoms in total. The van der Waals surface area contributed by atoms with Gasteiger partial charge in [-0.1, -0.05) is 61.2 Å². The van der Waals surface area contributed by atoms with Gasteiger partial charge in [-0.3, -0.25) is 14.4 Å². The van der Waals surface area contributed by atoms with Crippen LogP contribution in [-0.2, 0) is 15.1 Å². The smallest absolute Gasteiger partial charge is 0.309 e. The zero-order valence-electron chi connectivity index (χ0n) is 17.3. The van der Waals surface area contributed by atoms with Gasteiger partial charge in [0.05, 0.1) is 16.0 Å². The van der Waals surface area contributed by atoms with Crippen LogP contribution < -0.4 is 10.2 Å². The van der Waals surface area contributed by atoms with Crippen LogP contribution in [0.5, 0.6) is 0 Å². The first-order chi connectivity index (χ1) is 14.7. The van der Waals surface area contributed by atoms with Gasteiger partial charge in [0.15, 0.2) is 5.54 Å². The first-order valence-corrected chi connectivity index (χ1v) is 10.9. The molecule has 2 aromatic rings. The summed E-state index contributed by atoms with van der Waals surface area (Å²) in [7, 11) is 0. The van der Waals surface area contributed by atoms with E-state index in [-0.39, 0.29) is 15.6 Å². The predicted octanol–water partition coefficient (Wildman–Crippen LogP) is 4.88. The molecular weight excluding hydrogens is 439 g/mol. The lowest BCUT2D eigenvalue weighted by molar-refractivity contribution is -0.147. The zero-order chi connectivity index (χ0) is 22.8. The van der Waals surface area contributed by atoms with Crippen molar-refractivity contribution in [3.05, 3.63) is 63.6 Å². The maximum atomic E-state index is 13.7. The van der Waals surface area contributed by atoms with Crippen LogP contribution in [0, 0.1) is 5.92 Å². The number of para-hydroxylation sites is 1. The summed E-state index contributed by atoms with van der Waals surface area (Å²) in [4.78, 5) is 40.5. The third-order valence-electron chi connectivity index (χ3n) is 5.70. The van der Waals surface area contributed by atoms with Gasteiger partial charge >= 0.3 is 5.97 Å². The molecule has 0 saturated heterocycles. The second-order valence-corrected chi connectivity index (χ2v) is 8.45. The highest BCUT2D eigenvalue weighted by Gasteiger charge is 2.57. The van der Waals surface area contributed by atoms with Crippen molar-refractivity contribution in [1.82, 2.24) is 5.32 Å². The van der Waals surface area contributed by atoms with E-state index in [1.807, 2.05) is 0 Å². The van der Waals surface area contributed by atoms with E-state index in [4.69, 9.17) is 23.2 Å². The monoisotopic (exact) mass is 462 g/mol. The normalized spacial score (nSPS) is 18.6. The van der Waals surface area contributed by atoms with Gasteiger partial charge in [-0.25, -0.2) is 0 Å². The van der Waals surface area contributed by atoms with E-state index >= 15 is 0 Å². The first-order valence-electron chi connectivity index (χ1n) is 10.2. The molecule has 1 heterocycles. The van der Waals surface area contributed by atoms with Crippen molar-refractivity contribution in [2.24, 2.45) is 5.92 Å². The summed E-state index contributed by atoms with van der Waals surface area (Å²) in [6.07, 6.45) is 2.69. The lowest BCUT2D eigenvalue weighted by Crippen LogP contribution is -2.58. The molecule has 0 aromatic heterocycles. The van der Waals surface area contributed by atoms with Crippen LogP contribution in [0.25, 0.3) is 0 Å². The molecular formula is C23H24Cl2N2O4. The topological polar surface area (TPSA) is 86.7 Å². The van der Waals surface area contributed by atoms with Crippen molar-refractivity contribution in [3.8, 4) is 0 Å². The van der Waals surface area contributed by atoms with Crippen LogP contribution in [0.3, 0.4) is 0 Å². The molecule has 3 rings (SSSR count). The maximum Gasteiger partial charge on any atom is 0.309 e. The van der Waals surface area contributed by atoms with Gasteiger partial charge in [0.1, 0.15) is 0 Å². The third-order valence-corrected chi connectivity index (χ3v) is 6.44. The molecule has 2 N–H and O–H groups in total. The molecule has 1 aliphatic rings. The lowest BCUT2D eigenvalue weighted by atomic mass is 9.79. The van der Waals surface area contributed by atoms with Crippen LogP contribution >= 0.6 is 23.2 Å². The molecule has 2 aromatic carbocycles. The van der Waals surface area contributed by atoms with Crippen LogP contribution in [-0.4, -0.2) is 29.4 Å². The Balaban J connectivity index is 2.09. The second kappa shape index (κ2) is 9.28. The molecule has 0 fully saturated rings. The number of carboxylic acids is 1. The minimum absolute atomic E-state index is 0.182. The number of carbonyl (C=O) groups is 3. The summed E-state index contributed by atoms with van der Waals surface area (Å²) in [6, 6.07) is 11.4. The van der Waals surface area contributed by atoms with Gasteiger partial charge in [0.25, 0.3) is 11.8 Å². The van der Waals surface area contributed by atoms with E-state index in [0.29, 0.717) is 17.8 Å². The molecule has 164 valence electrons. The number of nitrogens with zero attached hydrogens (tertiary/aromatic N) is 1. The van der Waals surface area contributed by atoms with E-state index in [0.717, 1.165) is 19.3 Å². The number of hydrogen-bond acceptors (Lipinski definition) is 3. The predicted molar refractivity (Wildman–Crippen MR) is 121 cm³/mol. The van der Waals surface area contributed by atoms with Crippen molar-refractivity contribution in [2.45, 2.75) is 38.6 Å². The Morgan fingerprint density at radius 2 is 1.84 bits per heavy atom. The molecule has 0 bridgehead atoms. The van der Waals surface area contributed by atoms with Gasteiger partial charge in [-0.05, 0) is 37.6 Å². The maximum absolute atomic E-state index is 13.7. The van der Waals surface area contributed by atoms with Crippen LogP contribution in [0.2, 0.25) is 10.0 Å².